The average molecular weight is 431 g/mol. The molecule has 29 heavy (non-hydrogen) atoms. The highest BCUT2D eigenvalue weighted by atomic mass is 35.5. The molecule has 3 rings (SSSR count). The number of rotatable bonds is 7. The molecule has 0 amide bonds. The molecule has 0 saturated carbocycles. The van der Waals surface area contributed by atoms with Crippen molar-refractivity contribution in [3.8, 4) is 17.2 Å². The molecule has 3 aromatic rings. The lowest BCUT2D eigenvalue weighted by atomic mass is 10.0. The molecule has 0 radical (unpaired) electrons. The number of benzene rings is 2. The van der Waals surface area contributed by atoms with Gasteiger partial charge in [-0.2, -0.15) is 0 Å². The molecule has 0 unspecified atom stereocenters. The van der Waals surface area contributed by atoms with Crippen LogP contribution in [-0.4, -0.2) is 28.4 Å². The normalized spacial score (nSPS) is 11.7. The number of carbonyl (C=O) groups is 1. The first-order valence-corrected chi connectivity index (χ1v) is 9.97. The molecule has 0 aliphatic carbocycles. The largest absolute Gasteiger partial charge is 0.496 e. The predicted molar refractivity (Wildman–Crippen MR) is 113 cm³/mol. The summed E-state index contributed by atoms with van der Waals surface area (Å²) in [6.45, 7) is 4.21. The monoisotopic (exact) mass is 430 g/mol. The number of carboxylic acid groups (broad SMARTS) is 1. The minimum atomic E-state index is -1.08. The van der Waals surface area contributed by atoms with Gasteiger partial charge in [-0.1, -0.05) is 49.7 Å². The van der Waals surface area contributed by atoms with E-state index in [9.17, 15) is 9.90 Å². The Hall–Kier alpha value is -2.77. The number of carboxylic acids is 1. The maximum atomic E-state index is 11.7. The van der Waals surface area contributed by atoms with Crippen LogP contribution in [0.25, 0.3) is 17.5 Å². The van der Waals surface area contributed by atoms with Crippen LogP contribution in [0.4, 0.5) is 0 Å². The maximum absolute atomic E-state index is 11.7. The topological polar surface area (TPSA) is 85.5 Å². The Morgan fingerprint density at radius 1 is 1.21 bits per heavy atom. The van der Waals surface area contributed by atoms with Crippen molar-refractivity contribution in [3.05, 3.63) is 63.5 Å². The van der Waals surface area contributed by atoms with Crippen molar-refractivity contribution in [3.63, 3.8) is 0 Å². The Morgan fingerprint density at radius 3 is 2.55 bits per heavy atom. The third kappa shape index (κ3) is 5.19. The minimum absolute atomic E-state index is 0.0653. The van der Waals surface area contributed by atoms with Gasteiger partial charge in [-0.3, -0.25) is 0 Å². The van der Waals surface area contributed by atoms with Crippen LogP contribution in [0.15, 0.2) is 57.0 Å². The molecular weight excluding hydrogens is 412 g/mol. The summed E-state index contributed by atoms with van der Waals surface area (Å²) in [7, 11) is 1.52. The second-order valence-corrected chi connectivity index (χ2v) is 7.88. The van der Waals surface area contributed by atoms with E-state index in [1.165, 1.54) is 12.7 Å². The second kappa shape index (κ2) is 9.15. The lowest BCUT2D eigenvalue weighted by Gasteiger charge is -2.05. The van der Waals surface area contributed by atoms with Crippen LogP contribution in [-0.2, 0) is 4.79 Å². The summed E-state index contributed by atoms with van der Waals surface area (Å²) in [5.41, 5.74) is 2.49. The lowest BCUT2D eigenvalue weighted by molar-refractivity contribution is -0.131. The van der Waals surface area contributed by atoms with Gasteiger partial charge in [0.15, 0.2) is 0 Å². The molecule has 1 heterocycles. The summed E-state index contributed by atoms with van der Waals surface area (Å²) in [6.07, 6.45) is 1.57. The lowest BCUT2D eigenvalue weighted by Crippen LogP contribution is -1.97. The minimum Gasteiger partial charge on any atom is -0.496 e. The first-order valence-electron chi connectivity index (χ1n) is 8.77. The van der Waals surface area contributed by atoms with Crippen molar-refractivity contribution in [1.82, 2.24) is 10.2 Å². The van der Waals surface area contributed by atoms with Gasteiger partial charge in [0.25, 0.3) is 11.1 Å². The number of hydrogen-bond donors (Lipinski definition) is 1. The van der Waals surface area contributed by atoms with Crippen LogP contribution in [0, 0.1) is 0 Å². The Labute approximate surface area is 177 Å². The second-order valence-electron chi connectivity index (χ2n) is 6.45. The summed E-state index contributed by atoms with van der Waals surface area (Å²) in [6, 6.07) is 12.8. The van der Waals surface area contributed by atoms with Crippen molar-refractivity contribution >= 4 is 35.4 Å². The van der Waals surface area contributed by atoms with Crippen molar-refractivity contribution in [2.24, 2.45) is 0 Å². The number of thioether (sulfide) groups is 1. The number of aliphatic carboxylic acids is 1. The van der Waals surface area contributed by atoms with Crippen LogP contribution in [0.3, 0.4) is 0 Å². The van der Waals surface area contributed by atoms with Crippen molar-refractivity contribution < 1.29 is 19.1 Å². The van der Waals surface area contributed by atoms with Gasteiger partial charge in [-0.15, -0.1) is 10.2 Å². The number of methoxy groups -OCH3 is 1. The van der Waals surface area contributed by atoms with E-state index >= 15 is 0 Å². The Kier molecular flexibility index (Phi) is 6.61. The average Bonchev–Trinajstić information content (AvgIpc) is 3.16. The van der Waals surface area contributed by atoms with Crippen molar-refractivity contribution in [1.29, 1.82) is 0 Å². The Balaban J connectivity index is 1.86. The predicted octanol–water partition coefficient (Wildman–Crippen LogP) is 5.74. The molecule has 6 nitrogen and oxygen atoms in total. The van der Waals surface area contributed by atoms with Gasteiger partial charge < -0.3 is 14.3 Å². The van der Waals surface area contributed by atoms with Gasteiger partial charge in [-0.05, 0) is 53.1 Å². The molecule has 0 saturated heterocycles. The third-order valence-electron chi connectivity index (χ3n) is 4.11. The van der Waals surface area contributed by atoms with Crippen LogP contribution >= 0.6 is 23.4 Å². The summed E-state index contributed by atoms with van der Waals surface area (Å²) in [5, 5.41) is 18.1. The number of halogens is 1. The van der Waals surface area contributed by atoms with Crippen molar-refractivity contribution in [2.45, 2.75) is 25.0 Å². The number of nitrogens with zero attached hydrogens (tertiary/aromatic N) is 2. The summed E-state index contributed by atoms with van der Waals surface area (Å²) >= 11 is 6.92. The zero-order chi connectivity index (χ0) is 21.0. The molecule has 0 aliphatic heterocycles. The maximum Gasteiger partial charge on any atom is 0.342 e. The van der Waals surface area contributed by atoms with E-state index in [1.807, 2.05) is 24.3 Å². The molecule has 8 heteroatoms. The highest BCUT2D eigenvalue weighted by Crippen LogP contribution is 2.35. The SMILES string of the molecule is COc1ccc(Cl)cc1-c1nnc(S/C(=C\c2ccc(C(C)C)cc2)C(=O)O)o1. The van der Waals surface area contributed by atoms with Gasteiger partial charge in [0.2, 0.25) is 0 Å². The molecular formula is C21H19ClN2O4S. The molecule has 0 aliphatic rings. The van der Waals surface area contributed by atoms with Gasteiger partial charge in [0.1, 0.15) is 10.7 Å². The molecule has 1 N–H and O–H groups in total. The van der Waals surface area contributed by atoms with E-state index in [-0.39, 0.29) is 16.0 Å². The first kappa shape index (κ1) is 21.0. The highest BCUT2D eigenvalue weighted by Gasteiger charge is 2.18. The van der Waals surface area contributed by atoms with Gasteiger partial charge >= 0.3 is 5.97 Å². The number of ether oxygens (including phenoxy) is 1. The van der Waals surface area contributed by atoms with E-state index in [1.54, 1.807) is 24.3 Å². The number of aromatic nitrogens is 2. The van der Waals surface area contributed by atoms with Gasteiger partial charge in [-0.25, -0.2) is 4.79 Å². The third-order valence-corrected chi connectivity index (χ3v) is 5.19. The first-order chi connectivity index (χ1) is 13.9. The molecule has 0 atom stereocenters. The fourth-order valence-electron chi connectivity index (χ4n) is 2.56. The Morgan fingerprint density at radius 2 is 1.93 bits per heavy atom. The quantitative estimate of drug-likeness (QED) is 0.377. The fraction of sp³-hybridized carbons (Fsp3) is 0.190. The smallest absolute Gasteiger partial charge is 0.342 e. The van der Waals surface area contributed by atoms with E-state index in [0.29, 0.717) is 22.3 Å². The zero-order valence-electron chi connectivity index (χ0n) is 16.0. The standard InChI is InChI=1S/C21H19ClN2O4S/c1-12(2)14-6-4-13(5-7-14)10-18(20(25)26)29-21-24-23-19(28-21)16-11-15(22)8-9-17(16)27-3/h4-12H,1-3H3,(H,25,26)/b18-10-. The molecule has 0 fully saturated rings. The van der Waals surface area contributed by atoms with Crippen LogP contribution in [0.1, 0.15) is 30.9 Å². The van der Waals surface area contributed by atoms with Crippen LogP contribution < -0.4 is 4.74 Å². The highest BCUT2D eigenvalue weighted by molar-refractivity contribution is 8.03. The molecule has 1 aromatic heterocycles. The molecule has 0 spiro atoms. The fourth-order valence-corrected chi connectivity index (χ4v) is 3.41. The molecule has 150 valence electrons. The van der Waals surface area contributed by atoms with Crippen molar-refractivity contribution in [2.75, 3.05) is 7.11 Å². The van der Waals surface area contributed by atoms with E-state index < -0.39 is 5.97 Å². The Bertz CT molecular complexity index is 1050. The van der Waals surface area contributed by atoms with Crippen LogP contribution in [0.5, 0.6) is 5.75 Å². The summed E-state index contributed by atoms with van der Waals surface area (Å²) < 4.78 is 10.9. The number of hydrogen-bond acceptors (Lipinski definition) is 6. The zero-order valence-corrected chi connectivity index (χ0v) is 17.6. The van der Waals surface area contributed by atoms with E-state index in [4.69, 9.17) is 20.8 Å². The molecule has 0 bridgehead atoms. The summed E-state index contributed by atoms with van der Waals surface area (Å²) in [5.74, 6) is 0.0383. The van der Waals surface area contributed by atoms with Crippen LogP contribution in [0.2, 0.25) is 5.02 Å². The van der Waals surface area contributed by atoms with Gasteiger partial charge in [0, 0.05) is 5.02 Å². The summed E-state index contributed by atoms with van der Waals surface area (Å²) in [4.78, 5) is 11.8. The van der Waals surface area contributed by atoms with E-state index in [0.717, 1.165) is 17.3 Å². The van der Waals surface area contributed by atoms with E-state index in [2.05, 4.69) is 24.0 Å². The molecule has 2 aromatic carbocycles. The van der Waals surface area contributed by atoms with Gasteiger partial charge in [0.05, 0.1) is 12.7 Å².